The second-order valence-corrected chi connectivity index (χ2v) is 2.96. The number of rotatable bonds is 3. The number of ether oxygens (including phenoxy) is 1. The van der Waals surface area contributed by atoms with Crippen molar-refractivity contribution in [2.45, 2.75) is 6.92 Å². The molecule has 0 saturated heterocycles. The van der Waals surface area contributed by atoms with E-state index in [-0.39, 0.29) is 12.6 Å². The van der Waals surface area contributed by atoms with Crippen LogP contribution in [0.5, 0.6) is 0 Å². The molecule has 0 aliphatic heterocycles. The highest BCUT2D eigenvalue weighted by molar-refractivity contribution is 5.90. The first-order valence-electron chi connectivity index (χ1n) is 4.29. The summed E-state index contributed by atoms with van der Waals surface area (Å²) in [5, 5.41) is 0. The number of aryl methyl sites for hydroxylation is 1. The monoisotopic (exact) mass is 191 g/mol. The molecule has 0 amide bonds. The first-order valence-corrected chi connectivity index (χ1v) is 4.29. The average Bonchev–Trinajstić information content (AvgIpc) is 2.18. The van der Waals surface area contributed by atoms with E-state index in [1.54, 1.807) is 18.2 Å². The maximum atomic E-state index is 11.4. The van der Waals surface area contributed by atoms with Gasteiger partial charge in [-0.25, -0.2) is 4.79 Å². The third-order valence-corrected chi connectivity index (χ3v) is 1.84. The lowest BCUT2D eigenvalue weighted by atomic mass is 10.1. The van der Waals surface area contributed by atoms with Crippen LogP contribution in [0.25, 0.3) is 0 Å². The molecule has 1 rings (SSSR count). The smallest absolute Gasteiger partial charge is 0.338 e. The van der Waals surface area contributed by atoms with Gasteiger partial charge in [0.2, 0.25) is 0 Å². The topological polar surface area (TPSA) is 52.3 Å². The SMILES string of the molecule is C=CCOC(=O)c1ccc(N)c(C)c1. The van der Waals surface area contributed by atoms with Gasteiger partial charge in [-0.3, -0.25) is 0 Å². The van der Waals surface area contributed by atoms with E-state index in [9.17, 15) is 4.79 Å². The zero-order valence-corrected chi connectivity index (χ0v) is 8.12. The van der Waals surface area contributed by atoms with E-state index in [2.05, 4.69) is 6.58 Å². The molecule has 0 aliphatic carbocycles. The zero-order chi connectivity index (χ0) is 10.6. The first-order chi connectivity index (χ1) is 6.65. The molecule has 0 fully saturated rings. The molecule has 1 aromatic carbocycles. The Labute approximate surface area is 83.2 Å². The van der Waals surface area contributed by atoms with E-state index in [1.807, 2.05) is 6.92 Å². The highest BCUT2D eigenvalue weighted by Gasteiger charge is 2.06. The molecular weight excluding hydrogens is 178 g/mol. The number of carbonyl (C=O) groups excluding carboxylic acids is 1. The van der Waals surface area contributed by atoms with Crippen molar-refractivity contribution in [2.75, 3.05) is 12.3 Å². The molecule has 14 heavy (non-hydrogen) atoms. The number of hydrogen-bond acceptors (Lipinski definition) is 3. The maximum absolute atomic E-state index is 11.4. The predicted octanol–water partition coefficient (Wildman–Crippen LogP) is 1.92. The van der Waals surface area contributed by atoms with Crippen molar-refractivity contribution in [1.29, 1.82) is 0 Å². The van der Waals surface area contributed by atoms with Gasteiger partial charge in [0.15, 0.2) is 0 Å². The normalized spacial score (nSPS) is 9.50. The summed E-state index contributed by atoms with van der Waals surface area (Å²) in [6.07, 6.45) is 1.53. The molecule has 0 atom stereocenters. The summed E-state index contributed by atoms with van der Waals surface area (Å²) >= 11 is 0. The van der Waals surface area contributed by atoms with E-state index in [0.29, 0.717) is 11.3 Å². The van der Waals surface area contributed by atoms with Crippen molar-refractivity contribution in [3.05, 3.63) is 42.0 Å². The van der Waals surface area contributed by atoms with Crippen LogP contribution in [0.1, 0.15) is 15.9 Å². The van der Waals surface area contributed by atoms with Gasteiger partial charge in [0, 0.05) is 5.69 Å². The van der Waals surface area contributed by atoms with Crippen LogP contribution in [0, 0.1) is 6.92 Å². The van der Waals surface area contributed by atoms with Gasteiger partial charge in [0.05, 0.1) is 5.56 Å². The Morgan fingerprint density at radius 1 is 1.64 bits per heavy atom. The molecule has 1 aromatic rings. The van der Waals surface area contributed by atoms with E-state index in [0.717, 1.165) is 5.56 Å². The Hall–Kier alpha value is -1.77. The summed E-state index contributed by atoms with van der Waals surface area (Å²) in [5.74, 6) is -0.354. The molecule has 2 N–H and O–H groups in total. The molecule has 3 nitrogen and oxygen atoms in total. The van der Waals surface area contributed by atoms with Gasteiger partial charge >= 0.3 is 5.97 Å². The molecule has 74 valence electrons. The fraction of sp³-hybridized carbons (Fsp3) is 0.182. The highest BCUT2D eigenvalue weighted by atomic mass is 16.5. The zero-order valence-electron chi connectivity index (χ0n) is 8.12. The fourth-order valence-corrected chi connectivity index (χ4v) is 1.02. The van der Waals surface area contributed by atoms with Crippen LogP contribution in [0.2, 0.25) is 0 Å². The number of esters is 1. The van der Waals surface area contributed by atoms with Crippen molar-refractivity contribution >= 4 is 11.7 Å². The van der Waals surface area contributed by atoms with Crippen molar-refractivity contribution in [1.82, 2.24) is 0 Å². The van der Waals surface area contributed by atoms with E-state index < -0.39 is 0 Å². The van der Waals surface area contributed by atoms with Crippen molar-refractivity contribution in [2.24, 2.45) is 0 Å². The third-order valence-electron chi connectivity index (χ3n) is 1.84. The number of nitrogens with two attached hydrogens (primary N) is 1. The second kappa shape index (κ2) is 4.46. The van der Waals surface area contributed by atoms with Crippen molar-refractivity contribution in [3.63, 3.8) is 0 Å². The molecule has 0 bridgehead atoms. The van der Waals surface area contributed by atoms with E-state index in [1.165, 1.54) is 6.08 Å². The molecule has 0 aromatic heterocycles. The number of hydrogen-bond donors (Lipinski definition) is 1. The van der Waals surface area contributed by atoms with Gasteiger partial charge < -0.3 is 10.5 Å². The average molecular weight is 191 g/mol. The summed E-state index contributed by atoms with van der Waals surface area (Å²) in [5.41, 5.74) is 7.68. The van der Waals surface area contributed by atoms with Crippen LogP contribution < -0.4 is 5.73 Å². The summed E-state index contributed by atoms with van der Waals surface area (Å²) in [7, 11) is 0. The minimum absolute atomic E-state index is 0.224. The first kappa shape index (κ1) is 10.3. The molecule has 0 saturated carbocycles. The summed E-state index contributed by atoms with van der Waals surface area (Å²) in [6, 6.07) is 5.05. The van der Waals surface area contributed by atoms with Gasteiger partial charge in [-0.1, -0.05) is 12.7 Å². The Balaban J connectivity index is 2.80. The minimum Gasteiger partial charge on any atom is -0.458 e. The molecule has 3 heteroatoms. The lowest BCUT2D eigenvalue weighted by molar-refractivity contribution is 0.0549. The van der Waals surface area contributed by atoms with Crippen LogP contribution in [-0.4, -0.2) is 12.6 Å². The second-order valence-electron chi connectivity index (χ2n) is 2.96. The molecule has 0 radical (unpaired) electrons. The molecular formula is C11H13NO2. The maximum Gasteiger partial charge on any atom is 0.338 e. The molecule has 0 unspecified atom stereocenters. The standard InChI is InChI=1S/C11H13NO2/c1-3-6-14-11(13)9-4-5-10(12)8(2)7-9/h3-5,7H,1,6,12H2,2H3. The van der Waals surface area contributed by atoms with Gasteiger partial charge in [-0.2, -0.15) is 0 Å². The van der Waals surface area contributed by atoms with Crippen LogP contribution in [0.4, 0.5) is 5.69 Å². The number of nitrogen functional groups attached to an aromatic ring is 1. The molecule has 0 heterocycles. The van der Waals surface area contributed by atoms with E-state index in [4.69, 9.17) is 10.5 Å². The number of benzene rings is 1. The predicted molar refractivity (Wildman–Crippen MR) is 56.1 cm³/mol. The highest BCUT2D eigenvalue weighted by Crippen LogP contribution is 2.13. The Kier molecular flexibility index (Phi) is 3.29. The van der Waals surface area contributed by atoms with Crippen LogP contribution in [0.3, 0.4) is 0 Å². The Morgan fingerprint density at radius 3 is 2.93 bits per heavy atom. The van der Waals surface area contributed by atoms with Crippen LogP contribution in [-0.2, 0) is 4.74 Å². The lowest BCUT2D eigenvalue weighted by Gasteiger charge is -2.04. The van der Waals surface area contributed by atoms with Gasteiger partial charge in [-0.15, -0.1) is 0 Å². The van der Waals surface area contributed by atoms with Crippen LogP contribution >= 0.6 is 0 Å². The quantitative estimate of drug-likeness (QED) is 0.451. The minimum atomic E-state index is -0.354. The van der Waals surface area contributed by atoms with Crippen LogP contribution in [0.15, 0.2) is 30.9 Å². The Morgan fingerprint density at radius 2 is 2.36 bits per heavy atom. The molecule has 0 spiro atoms. The van der Waals surface area contributed by atoms with Gasteiger partial charge in [0.25, 0.3) is 0 Å². The summed E-state index contributed by atoms with van der Waals surface area (Å²) in [4.78, 5) is 11.4. The Bertz CT molecular complexity index is 358. The number of anilines is 1. The summed E-state index contributed by atoms with van der Waals surface area (Å²) in [6.45, 7) is 5.53. The third kappa shape index (κ3) is 2.36. The fourth-order valence-electron chi connectivity index (χ4n) is 1.02. The lowest BCUT2D eigenvalue weighted by Crippen LogP contribution is -2.05. The van der Waals surface area contributed by atoms with Crippen molar-refractivity contribution < 1.29 is 9.53 Å². The van der Waals surface area contributed by atoms with Crippen molar-refractivity contribution in [3.8, 4) is 0 Å². The largest absolute Gasteiger partial charge is 0.458 e. The molecule has 0 aliphatic rings. The van der Waals surface area contributed by atoms with Gasteiger partial charge in [0.1, 0.15) is 6.61 Å². The van der Waals surface area contributed by atoms with E-state index >= 15 is 0 Å². The number of carbonyl (C=O) groups is 1. The van der Waals surface area contributed by atoms with Gasteiger partial charge in [-0.05, 0) is 30.7 Å². The summed E-state index contributed by atoms with van der Waals surface area (Å²) < 4.78 is 4.87.